The van der Waals surface area contributed by atoms with E-state index in [1.54, 1.807) is 14.2 Å². The Labute approximate surface area is 175 Å². The first-order valence-electron chi connectivity index (χ1n) is 10.4. The number of benzene rings is 2. The molecule has 0 radical (unpaired) electrons. The summed E-state index contributed by atoms with van der Waals surface area (Å²) in [4.78, 5) is 13.2. The van der Waals surface area contributed by atoms with Gasteiger partial charge in [-0.2, -0.15) is 5.10 Å². The predicted octanol–water partition coefficient (Wildman–Crippen LogP) is 4.13. The second-order valence-electron chi connectivity index (χ2n) is 7.92. The van der Waals surface area contributed by atoms with Gasteiger partial charge in [0.25, 0.3) is 5.91 Å². The van der Waals surface area contributed by atoms with E-state index in [-0.39, 0.29) is 11.9 Å². The molecule has 1 heterocycles. The number of aromatic nitrogens is 2. The van der Waals surface area contributed by atoms with Crippen molar-refractivity contribution in [2.24, 2.45) is 0 Å². The number of fused-ring (bicyclic) bond motifs is 3. The maximum atomic E-state index is 13.2. The normalized spacial score (nSPS) is 15.0. The first-order chi connectivity index (χ1) is 14.7. The number of rotatable bonds is 5. The molecule has 6 heteroatoms. The number of carbonyl (C=O) groups is 1. The van der Waals surface area contributed by atoms with E-state index < -0.39 is 0 Å². The molecule has 5 rings (SSSR count). The van der Waals surface area contributed by atoms with E-state index in [1.165, 1.54) is 12.8 Å². The predicted molar refractivity (Wildman–Crippen MR) is 115 cm³/mol. The standard InChI is InChI=1S/C24H25N3O3/c1-29-20-13-15-12-19-22(24(28)25-16-8-6-7-9-16)26-27(17-10-4-3-5-11-17)23(19)18(15)14-21(20)30-2/h3-5,10-11,13-14,16H,6-9,12H2,1-2H3,(H,25,28). The number of amides is 1. The van der Waals surface area contributed by atoms with Crippen LogP contribution < -0.4 is 14.8 Å². The zero-order chi connectivity index (χ0) is 20.7. The van der Waals surface area contributed by atoms with E-state index in [0.717, 1.165) is 40.9 Å². The third-order valence-electron chi connectivity index (χ3n) is 6.12. The third kappa shape index (κ3) is 3.03. The highest BCUT2D eigenvalue weighted by atomic mass is 16.5. The minimum absolute atomic E-state index is 0.0837. The summed E-state index contributed by atoms with van der Waals surface area (Å²) in [7, 11) is 3.27. The molecule has 1 aromatic heterocycles. The summed E-state index contributed by atoms with van der Waals surface area (Å²) in [6.07, 6.45) is 5.08. The summed E-state index contributed by atoms with van der Waals surface area (Å²) < 4.78 is 12.9. The van der Waals surface area contributed by atoms with Gasteiger partial charge in [-0.05, 0) is 42.7 Å². The van der Waals surface area contributed by atoms with Crippen molar-refractivity contribution in [3.63, 3.8) is 0 Å². The van der Waals surface area contributed by atoms with Crippen molar-refractivity contribution < 1.29 is 14.3 Å². The van der Waals surface area contributed by atoms with Crippen LogP contribution >= 0.6 is 0 Å². The number of hydrogen-bond acceptors (Lipinski definition) is 4. The average molecular weight is 403 g/mol. The van der Waals surface area contributed by atoms with Gasteiger partial charge in [-0.3, -0.25) is 4.79 Å². The quantitative estimate of drug-likeness (QED) is 0.544. The molecule has 1 saturated carbocycles. The first-order valence-corrected chi connectivity index (χ1v) is 10.4. The molecule has 3 aromatic rings. The minimum Gasteiger partial charge on any atom is -0.493 e. The van der Waals surface area contributed by atoms with Gasteiger partial charge in [0, 0.05) is 23.6 Å². The lowest BCUT2D eigenvalue weighted by atomic mass is 10.1. The molecular weight excluding hydrogens is 378 g/mol. The Morgan fingerprint density at radius 3 is 2.47 bits per heavy atom. The topological polar surface area (TPSA) is 65.4 Å². The number of nitrogens with zero attached hydrogens (tertiary/aromatic N) is 2. The minimum atomic E-state index is -0.0837. The van der Waals surface area contributed by atoms with E-state index in [1.807, 2.05) is 47.1 Å². The molecule has 2 aliphatic carbocycles. The van der Waals surface area contributed by atoms with Crippen LogP contribution in [0, 0.1) is 0 Å². The second-order valence-corrected chi connectivity index (χ2v) is 7.92. The molecule has 0 aliphatic heterocycles. The molecule has 0 unspecified atom stereocenters. The molecule has 0 bridgehead atoms. The Morgan fingerprint density at radius 2 is 1.77 bits per heavy atom. The summed E-state index contributed by atoms with van der Waals surface area (Å²) in [5.41, 5.74) is 5.48. The zero-order valence-electron chi connectivity index (χ0n) is 17.3. The highest BCUT2D eigenvalue weighted by molar-refractivity contribution is 5.97. The van der Waals surface area contributed by atoms with Gasteiger partial charge in [0.2, 0.25) is 0 Å². The zero-order valence-corrected chi connectivity index (χ0v) is 17.3. The second kappa shape index (κ2) is 7.52. The van der Waals surface area contributed by atoms with Crippen molar-refractivity contribution in [2.45, 2.75) is 38.1 Å². The fraction of sp³-hybridized carbons (Fsp3) is 0.333. The van der Waals surface area contributed by atoms with Crippen LogP contribution in [-0.2, 0) is 6.42 Å². The number of carbonyl (C=O) groups excluding carboxylic acids is 1. The van der Waals surface area contributed by atoms with Crippen molar-refractivity contribution in [2.75, 3.05) is 14.2 Å². The highest BCUT2D eigenvalue weighted by Crippen LogP contribution is 2.44. The van der Waals surface area contributed by atoms with E-state index in [9.17, 15) is 4.79 Å². The smallest absolute Gasteiger partial charge is 0.272 e. The van der Waals surface area contributed by atoms with Gasteiger partial charge in [0.15, 0.2) is 17.2 Å². The SMILES string of the molecule is COc1cc2c(cc1OC)-c1c(c(C(=O)NC3CCCC3)nn1-c1ccccc1)C2. The van der Waals surface area contributed by atoms with Gasteiger partial charge >= 0.3 is 0 Å². The van der Waals surface area contributed by atoms with Crippen LogP contribution in [0.15, 0.2) is 42.5 Å². The molecule has 2 aromatic carbocycles. The lowest BCUT2D eigenvalue weighted by molar-refractivity contribution is 0.0931. The molecule has 0 spiro atoms. The summed E-state index contributed by atoms with van der Waals surface area (Å²) >= 11 is 0. The highest BCUT2D eigenvalue weighted by Gasteiger charge is 2.33. The molecule has 1 fully saturated rings. The third-order valence-corrected chi connectivity index (χ3v) is 6.12. The first kappa shape index (κ1) is 18.7. The number of methoxy groups -OCH3 is 2. The number of hydrogen-bond donors (Lipinski definition) is 1. The molecule has 0 saturated heterocycles. The summed E-state index contributed by atoms with van der Waals surface area (Å²) in [5.74, 6) is 1.28. The van der Waals surface area contributed by atoms with Crippen LogP contribution in [0.1, 0.15) is 47.3 Å². The monoisotopic (exact) mass is 403 g/mol. The van der Waals surface area contributed by atoms with Crippen LogP contribution in [0.5, 0.6) is 11.5 Å². The summed E-state index contributed by atoms with van der Waals surface area (Å²) in [5, 5.41) is 7.97. The largest absolute Gasteiger partial charge is 0.493 e. The van der Waals surface area contributed by atoms with Crippen LogP contribution in [0.2, 0.25) is 0 Å². The molecule has 0 atom stereocenters. The molecule has 6 nitrogen and oxygen atoms in total. The summed E-state index contributed by atoms with van der Waals surface area (Å²) in [6.45, 7) is 0. The lowest BCUT2D eigenvalue weighted by Crippen LogP contribution is -2.33. The maximum Gasteiger partial charge on any atom is 0.272 e. The van der Waals surface area contributed by atoms with Crippen LogP contribution in [0.3, 0.4) is 0 Å². The maximum absolute atomic E-state index is 13.2. The van der Waals surface area contributed by atoms with E-state index in [2.05, 4.69) is 5.32 Å². The van der Waals surface area contributed by atoms with Crippen molar-refractivity contribution in [3.05, 3.63) is 59.3 Å². The van der Waals surface area contributed by atoms with E-state index in [0.29, 0.717) is 23.6 Å². The van der Waals surface area contributed by atoms with Gasteiger partial charge in [0.05, 0.1) is 25.6 Å². The van der Waals surface area contributed by atoms with E-state index >= 15 is 0 Å². The molecule has 1 N–H and O–H groups in total. The Bertz CT molecular complexity index is 1100. The van der Waals surface area contributed by atoms with Gasteiger partial charge in [-0.15, -0.1) is 0 Å². The molecule has 30 heavy (non-hydrogen) atoms. The van der Waals surface area contributed by atoms with Gasteiger partial charge in [-0.1, -0.05) is 31.0 Å². The van der Waals surface area contributed by atoms with E-state index in [4.69, 9.17) is 14.6 Å². The van der Waals surface area contributed by atoms with Crippen LogP contribution in [0.4, 0.5) is 0 Å². The summed E-state index contributed by atoms with van der Waals surface area (Å²) in [6, 6.07) is 14.2. The van der Waals surface area contributed by atoms with Crippen molar-refractivity contribution in [1.29, 1.82) is 0 Å². The average Bonchev–Trinajstić information content (AvgIpc) is 3.49. The Morgan fingerprint density at radius 1 is 1.07 bits per heavy atom. The number of nitrogens with one attached hydrogen (secondary N) is 1. The van der Waals surface area contributed by atoms with Crippen LogP contribution in [-0.4, -0.2) is 35.9 Å². The molecule has 2 aliphatic rings. The van der Waals surface area contributed by atoms with Gasteiger partial charge in [-0.25, -0.2) is 4.68 Å². The molecule has 1 amide bonds. The molecule has 154 valence electrons. The van der Waals surface area contributed by atoms with Crippen molar-refractivity contribution >= 4 is 5.91 Å². The van der Waals surface area contributed by atoms with Crippen molar-refractivity contribution in [1.82, 2.24) is 15.1 Å². The van der Waals surface area contributed by atoms with Gasteiger partial charge in [0.1, 0.15) is 0 Å². The molecular formula is C24H25N3O3. The fourth-order valence-electron chi connectivity index (χ4n) is 4.64. The Hall–Kier alpha value is -3.28. The lowest BCUT2D eigenvalue weighted by Gasteiger charge is -2.12. The van der Waals surface area contributed by atoms with Crippen molar-refractivity contribution in [3.8, 4) is 28.4 Å². The Kier molecular flexibility index (Phi) is 4.69. The van der Waals surface area contributed by atoms with Gasteiger partial charge < -0.3 is 14.8 Å². The number of para-hydroxylation sites is 1. The van der Waals surface area contributed by atoms with Crippen LogP contribution in [0.25, 0.3) is 16.9 Å². The number of ether oxygens (including phenoxy) is 2. The Balaban J connectivity index is 1.64. The fourth-order valence-corrected chi connectivity index (χ4v) is 4.64.